The van der Waals surface area contributed by atoms with E-state index in [1.807, 2.05) is 0 Å². The molecule has 0 aliphatic carbocycles. The van der Waals surface area contributed by atoms with Crippen LogP contribution in [0, 0.1) is 0 Å². The first-order chi connectivity index (χ1) is 5.22. The number of rotatable bonds is 5. The molecular formula is C8H17NO2. The first kappa shape index (κ1) is 10.4. The molecule has 66 valence electrons. The molecule has 2 N–H and O–H groups in total. The summed E-state index contributed by atoms with van der Waals surface area (Å²) in [6, 6.07) is -0.421. The standard InChI is InChI=1S/C8H17NO2/c1-3-5-6-7(9)8(10)11-4-2/h7H,3-6,9H2,1-2H3. The molecule has 0 aromatic carbocycles. The minimum Gasteiger partial charge on any atom is -0.465 e. The molecule has 0 heterocycles. The van der Waals surface area contributed by atoms with E-state index < -0.39 is 6.04 Å². The van der Waals surface area contributed by atoms with Gasteiger partial charge in [0.25, 0.3) is 0 Å². The zero-order valence-corrected chi connectivity index (χ0v) is 7.30. The highest BCUT2D eigenvalue weighted by Crippen LogP contribution is 1.99. The van der Waals surface area contributed by atoms with Crippen LogP contribution < -0.4 is 5.73 Å². The second-order valence-corrected chi connectivity index (χ2v) is 2.50. The lowest BCUT2D eigenvalue weighted by molar-refractivity contribution is -0.144. The van der Waals surface area contributed by atoms with E-state index in [4.69, 9.17) is 10.5 Å². The van der Waals surface area contributed by atoms with Crippen molar-refractivity contribution in [3.8, 4) is 0 Å². The lowest BCUT2D eigenvalue weighted by Crippen LogP contribution is -2.32. The van der Waals surface area contributed by atoms with Crippen molar-refractivity contribution >= 4 is 5.97 Å². The van der Waals surface area contributed by atoms with E-state index in [1.54, 1.807) is 6.92 Å². The molecule has 0 saturated heterocycles. The van der Waals surface area contributed by atoms with Gasteiger partial charge in [0.2, 0.25) is 0 Å². The molecule has 3 nitrogen and oxygen atoms in total. The fourth-order valence-corrected chi connectivity index (χ4v) is 0.791. The second kappa shape index (κ2) is 6.16. The molecule has 0 bridgehead atoms. The van der Waals surface area contributed by atoms with E-state index in [-0.39, 0.29) is 5.97 Å². The predicted octanol–water partition coefficient (Wildman–Crippen LogP) is 1.07. The minimum atomic E-state index is -0.421. The van der Waals surface area contributed by atoms with Crippen LogP contribution in [0.1, 0.15) is 33.1 Å². The zero-order chi connectivity index (χ0) is 8.69. The highest BCUT2D eigenvalue weighted by Gasteiger charge is 2.12. The van der Waals surface area contributed by atoms with Gasteiger partial charge in [-0.15, -0.1) is 0 Å². The molecule has 0 saturated carbocycles. The topological polar surface area (TPSA) is 52.3 Å². The Morgan fingerprint density at radius 3 is 2.64 bits per heavy atom. The third-order valence-electron chi connectivity index (χ3n) is 1.46. The van der Waals surface area contributed by atoms with Gasteiger partial charge in [-0.2, -0.15) is 0 Å². The Morgan fingerprint density at radius 2 is 2.18 bits per heavy atom. The Kier molecular flexibility index (Phi) is 5.84. The molecule has 1 atom stereocenters. The van der Waals surface area contributed by atoms with E-state index in [9.17, 15) is 4.79 Å². The van der Waals surface area contributed by atoms with Gasteiger partial charge in [0.05, 0.1) is 6.61 Å². The minimum absolute atomic E-state index is 0.277. The maximum Gasteiger partial charge on any atom is 0.322 e. The van der Waals surface area contributed by atoms with E-state index in [2.05, 4.69) is 6.92 Å². The summed E-state index contributed by atoms with van der Waals surface area (Å²) in [4.78, 5) is 10.9. The third kappa shape index (κ3) is 4.79. The molecule has 3 heteroatoms. The van der Waals surface area contributed by atoms with Crippen molar-refractivity contribution in [3.05, 3.63) is 0 Å². The molecule has 11 heavy (non-hydrogen) atoms. The highest BCUT2D eigenvalue weighted by molar-refractivity contribution is 5.75. The lowest BCUT2D eigenvalue weighted by Gasteiger charge is -2.08. The van der Waals surface area contributed by atoms with Crippen LogP contribution in [-0.2, 0) is 9.53 Å². The summed E-state index contributed by atoms with van der Waals surface area (Å²) in [6.07, 6.45) is 2.78. The SMILES string of the molecule is CCCCC(N)C(=O)OCC. The Hall–Kier alpha value is -0.570. The highest BCUT2D eigenvalue weighted by atomic mass is 16.5. The van der Waals surface area contributed by atoms with Gasteiger partial charge in [-0.05, 0) is 13.3 Å². The summed E-state index contributed by atoms with van der Waals surface area (Å²) in [7, 11) is 0. The summed E-state index contributed by atoms with van der Waals surface area (Å²) >= 11 is 0. The Labute approximate surface area is 67.9 Å². The van der Waals surface area contributed by atoms with Crippen molar-refractivity contribution in [1.82, 2.24) is 0 Å². The number of ether oxygens (including phenoxy) is 1. The number of unbranched alkanes of at least 4 members (excludes halogenated alkanes) is 1. The van der Waals surface area contributed by atoms with Gasteiger partial charge >= 0.3 is 5.97 Å². The summed E-state index contributed by atoms with van der Waals surface area (Å²) in [6.45, 7) is 4.26. The van der Waals surface area contributed by atoms with Crippen molar-refractivity contribution < 1.29 is 9.53 Å². The average Bonchev–Trinajstić information content (AvgIpc) is 2.00. The summed E-state index contributed by atoms with van der Waals surface area (Å²) in [5.41, 5.74) is 5.51. The van der Waals surface area contributed by atoms with E-state index in [0.717, 1.165) is 19.3 Å². The van der Waals surface area contributed by atoms with Gasteiger partial charge in [-0.1, -0.05) is 19.8 Å². The molecule has 0 radical (unpaired) electrons. The summed E-state index contributed by atoms with van der Waals surface area (Å²) in [5.74, 6) is -0.277. The van der Waals surface area contributed by atoms with Crippen LogP contribution in [0.15, 0.2) is 0 Å². The Bertz CT molecular complexity index is 115. The van der Waals surface area contributed by atoms with Gasteiger partial charge in [0, 0.05) is 0 Å². The van der Waals surface area contributed by atoms with Crippen LogP contribution in [0.4, 0.5) is 0 Å². The van der Waals surface area contributed by atoms with E-state index in [1.165, 1.54) is 0 Å². The van der Waals surface area contributed by atoms with Crippen molar-refractivity contribution in [2.75, 3.05) is 6.61 Å². The number of carbonyl (C=O) groups is 1. The van der Waals surface area contributed by atoms with Gasteiger partial charge in [0.15, 0.2) is 0 Å². The molecule has 0 fully saturated rings. The smallest absolute Gasteiger partial charge is 0.322 e. The molecule has 0 rings (SSSR count). The maximum atomic E-state index is 10.9. The van der Waals surface area contributed by atoms with E-state index >= 15 is 0 Å². The quantitative estimate of drug-likeness (QED) is 0.610. The van der Waals surface area contributed by atoms with Crippen LogP contribution in [0.5, 0.6) is 0 Å². The van der Waals surface area contributed by atoms with Crippen molar-refractivity contribution in [2.24, 2.45) is 5.73 Å². The number of nitrogens with two attached hydrogens (primary N) is 1. The van der Waals surface area contributed by atoms with Gasteiger partial charge in [-0.25, -0.2) is 0 Å². The number of hydrogen-bond donors (Lipinski definition) is 1. The molecule has 0 amide bonds. The van der Waals surface area contributed by atoms with Gasteiger partial charge in [0.1, 0.15) is 6.04 Å². The van der Waals surface area contributed by atoms with Gasteiger partial charge in [-0.3, -0.25) is 4.79 Å². The molecule has 0 aliphatic rings. The van der Waals surface area contributed by atoms with Crippen molar-refractivity contribution in [2.45, 2.75) is 39.2 Å². The van der Waals surface area contributed by atoms with Crippen LogP contribution in [-0.4, -0.2) is 18.6 Å². The van der Waals surface area contributed by atoms with Crippen LogP contribution in [0.25, 0.3) is 0 Å². The van der Waals surface area contributed by atoms with Crippen LogP contribution >= 0.6 is 0 Å². The average molecular weight is 159 g/mol. The molecule has 1 unspecified atom stereocenters. The second-order valence-electron chi connectivity index (χ2n) is 2.50. The molecule has 0 aliphatic heterocycles. The molecular weight excluding hydrogens is 142 g/mol. The lowest BCUT2D eigenvalue weighted by atomic mass is 10.1. The zero-order valence-electron chi connectivity index (χ0n) is 7.30. The fourth-order valence-electron chi connectivity index (χ4n) is 0.791. The van der Waals surface area contributed by atoms with Crippen molar-refractivity contribution in [1.29, 1.82) is 0 Å². The summed E-state index contributed by atoms with van der Waals surface area (Å²) in [5, 5.41) is 0. The molecule has 0 aromatic heterocycles. The number of hydrogen-bond acceptors (Lipinski definition) is 3. The predicted molar refractivity (Wildman–Crippen MR) is 44.1 cm³/mol. The third-order valence-corrected chi connectivity index (χ3v) is 1.46. The monoisotopic (exact) mass is 159 g/mol. The van der Waals surface area contributed by atoms with Crippen LogP contribution in [0.3, 0.4) is 0 Å². The largest absolute Gasteiger partial charge is 0.465 e. The first-order valence-corrected chi connectivity index (χ1v) is 4.14. The maximum absolute atomic E-state index is 10.9. The van der Waals surface area contributed by atoms with Gasteiger partial charge < -0.3 is 10.5 Å². The van der Waals surface area contributed by atoms with E-state index in [0.29, 0.717) is 6.61 Å². The van der Waals surface area contributed by atoms with Crippen molar-refractivity contribution in [3.63, 3.8) is 0 Å². The number of esters is 1. The summed E-state index contributed by atoms with van der Waals surface area (Å²) < 4.78 is 4.74. The van der Waals surface area contributed by atoms with Crippen LogP contribution in [0.2, 0.25) is 0 Å². The number of carbonyl (C=O) groups excluding carboxylic acids is 1. The molecule has 0 spiro atoms. The Balaban J connectivity index is 3.46. The molecule has 0 aromatic rings. The Morgan fingerprint density at radius 1 is 1.55 bits per heavy atom. The first-order valence-electron chi connectivity index (χ1n) is 4.14. The normalized spacial score (nSPS) is 12.6. The fraction of sp³-hybridized carbons (Fsp3) is 0.875.